The normalized spacial score (nSPS) is 11.9. The second kappa shape index (κ2) is 8.09. The van der Waals surface area contributed by atoms with E-state index in [0.29, 0.717) is 22.3 Å². The Hall–Kier alpha value is -1.30. The van der Waals surface area contributed by atoms with Crippen LogP contribution in [0.15, 0.2) is 18.2 Å². The first-order valence-electron chi connectivity index (χ1n) is 6.23. The number of nitrogens with two attached hydrogens (primary N) is 1. The molecule has 3 N–H and O–H groups in total. The van der Waals surface area contributed by atoms with Crippen LogP contribution >= 0.6 is 23.2 Å². The van der Waals surface area contributed by atoms with Crippen molar-refractivity contribution in [3.05, 3.63) is 28.2 Å². The molecule has 5 nitrogen and oxygen atoms in total. The molecule has 110 valence electrons. The van der Waals surface area contributed by atoms with Crippen molar-refractivity contribution in [3.63, 3.8) is 0 Å². The van der Waals surface area contributed by atoms with Crippen molar-refractivity contribution in [2.75, 3.05) is 11.9 Å². The van der Waals surface area contributed by atoms with Gasteiger partial charge in [0.2, 0.25) is 5.91 Å². The van der Waals surface area contributed by atoms with Crippen LogP contribution in [0.1, 0.15) is 19.8 Å². The quantitative estimate of drug-likeness (QED) is 0.763. The monoisotopic (exact) mass is 318 g/mol. The van der Waals surface area contributed by atoms with Crippen molar-refractivity contribution in [1.82, 2.24) is 0 Å². The van der Waals surface area contributed by atoms with Crippen molar-refractivity contribution in [3.8, 4) is 0 Å². The molecule has 0 unspecified atom stereocenters. The Labute approximate surface area is 127 Å². The number of rotatable bonds is 7. The van der Waals surface area contributed by atoms with Gasteiger partial charge in [0.15, 0.2) is 0 Å². The summed E-state index contributed by atoms with van der Waals surface area (Å²) in [5, 5.41) is 15.8. The Morgan fingerprint density at radius 1 is 1.40 bits per heavy atom. The lowest BCUT2D eigenvalue weighted by molar-refractivity contribution is -0.682. The van der Waals surface area contributed by atoms with Gasteiger partial charge in [0.25, 0.3) is 0 Å². The molecule has 0 aliphatic rings. The standard InChI is InChI=1S/C13H16Cl2N2O3/c1-2-5-16-11(13(19)20)7-12(18)17-10-6-8(14)3-4-9(10)15/h3-4,6,11,16H,2,5,7H2,1H3,(H,17,18)(H,19,20)/t11-/m1/s1. The molecule has 0 aromatic heterocycles. The SMILES string of the molecule is CCC[NH2+][C@H](CC(=O)Nc1cc(Cl)ccc1Cl)C(=O)[O-]. The Balaban J connectivity index is 2.65. The fourth-order valence-corrected chi connectivity index (χ4v) is 1.96. The fraction of sp³-hybridized carbons (Fsp3) is 0.385. The van der Waals surface area contributed by atoms with Gasteiger partial charge >= 0.3 is 0 Å². The zero-order valence-electron chi connectivity index (χ0n) is 11.0. The van der Waals surface area contributed by atoms with Gasteiger partial charge in [0, 0.05) is 5.02 Å². The first kappa shape index (κ1) is 16.8. The lowest BCUT2D eigenvalue weighted by Gasteiger charge is -2.16. The lowest BCUT2D eigenvalue weighted by Crippen LogP contribution is -2.93. The van der Waals surface area contributed by atoms with E-state index in [2.05, 4.69) is 5.32 Å². The molecule has 0 saturated heterocycles. The molecular weight excluding hydrogens is 303 g/mol. The van der Waals surface area contributed by atoms with E-state index in [1.165, 1.54) is 6.07 Å². The summed E-state index contributed by atoms with van der Waals surface area (Å²) in [5.74, 6) is -1.71. The minimum atomic E-state index is -1.26. The minimum Gasteiger partial charge on any atom is -0.544 e. The van der Waals surface area contributed by atoms with E-state index in [1.54, 1.807) is 17.4 Å². The zero-order chi connectivity index (χ0) is 15.1. The van der Waals surface area contributed by atoms with Crippen LogP contribution in [0.4, 0.5) is 5.69 Å². The summed E-state index contributed by atoms with van der Waals surface area (Å²) in [6.07, 6.45) is 0.622. The summed E-state index contributed by atoms with van der Waals surface area (Å²) >= 11 is 11.7. The predicted molar refractivity (Wildman–Crippen MR) is 75.6 cm³/mol. The number of carboxylic acids is 1. The predicted octanol–water partition coefficient (Wildman–Crippen LogP) is 0.414. The van der Waals surface area contributed by atoms with E-state index in [4.69, 9.17) is 23.2 Å². The molecule has 20 heavy (non-hydrogen) atoms. The number of carbonyl (C=O) groups excluding carboxylic acids is 2. The van der Waals surface area contributed by atoms with Gasteiger partial charge in [0.1, 0.15) is 6.04 Å². The van der Waals surface area contributed by atoms with Crippen LogP contribution in [0, 0.1) is 0 Å². The van der Waals surface area contributed by atoms with Crippen LogP contribution in [0.25, 0.3) is 0 Å². The Morgan fingerprint density at radius 3 is 2.70 bits per heavy atom. The van der Waals surface area contributed by atoms with Crippen molar-refractivity contribution in [1.29, 1.82) is 0 Å². The number of benzene rings is 1. The summed E-state index contributed by atoms with van der Waals surface area (Å²) in [6, 6.07) is 3.75. The highest BCUT2D eigenvalue weighted by Crippen LogP contribution is 2.25. The number of hydrogen-bond donors (Lipinski definition) is 2. The second-order valence-electron chi connectivity index (χ2n) is 4.33. The first-order valence-corrected chi connectivity index (χ1v) is 6.98. The van der Waals surface area contributed by atoms with Crippen LogP contribution in [0.5, 0.6) is 0 Å². The van der Waals surface area contributed by atoms with E-state index in [0.717, 1.165) is 6.42 Å². The molecule has 0 radical (unpaired) electrons. The molecule has 0 aliphatic heterocycles. The largest absolute Gasteiger partial charge is 0.544 e. The molecular formula is C13H16Cl2N2O3. The molecule has 1 aromatic carbocycles. The van der Waals surface area contributed by atoms with E-state index in [-0.39, 0.29) is 6.42 Å². The maximum atomic E-state index is 11.8. The van der Waals surface area contributed by atoms with E-state index in [9.17, 15) is 14.7 Å². The molecule has 0 heterocycles. The maximum Gasteiger partial charge on any atom is 0.230 e. The summed E-state index contributed by atoms with van der Waals surface area (Å²) in [7, 11) is 0. The van der Waals surface area contributed by atoms with Crippen LogP contribution in [0.3, 0.4) is 0 Å². The molecule has 1 atom stereocenters. The maximum absolute atomic E-state index is 11.8. The van der Waals surface area contributed by atoms with Crippen LogP contribution in [0.2, 0.25) is 10.0 Å². The number of hydrogen-bond acceptors (Lipinski definition) is 3. The average molecular weight is 319 g/mol. The van der Waals surface area contributed by atoms with Crippen LogP contribution < -0.4 is 15.7 Å². The van der Waals surface area contributed by atoms with Gasteiger partial charge in [-0.25, -0.2) is 0 Å². The summed E-state index contributed by atoms with van der Waals surface area (Å²) in [5.41, 5.74) is 0.358. The third-order valence-electron chi connectivity index (χ3n) is 2.65. The third kappa shape index (κ3) is 5.36. The number of halogens is 2. The Kier molecular flexibility index (Phi) is 6.78. The number of amides is 1. The highest BCUT2D eigenvalue weighted by molar-refractivity contribution is 6.35. The van der Waals surface area contributed by atoms with Gasteiger partial charge in [-0.2, -0.15) is 0 Å². The lowest BCUT2D eigenvalue weighted by atomic mass is 10.2. The van der Waals surface area contributed by atoms with Crippen LogP contribution in [-0.4, -0.2) is 24.5 Å². The van der Waals surface area contributed by atoms with Gasteiger partial charge in [-0.1, -0.05) is 30.1 Å². The summed E-state index contributed by atoms with van der Waals surface area (Å²) in [4.78, 5) is 22.8. The summed E-state index contributed by atoms with van der Waals surface area (Å²) < 4.78 is 0. The topological polar surface area (TPSA) is 85.8 Å². The first-order chi connectivity index (χ1) is 9.43. The highest BCUT2D eigenvalue weighted by Gasteiger charge is 2.18. The molecule has 0 fully saturated rings. The van der Waals surface area contributed by atoms with Crippen molar-refractivity contribution in [2.45, 2.75) is 25.8 Å². The third-order valence-corrected chi connectivity index (χ3v) is 3.22. The molecule has 1 rings (SSSR count). The molecule has 0 saturated carbocycles. The number of anilines is 1. The molecule has 0 bridgehead atoms. The van der Waals surface area contributed by atoms with Gasteiger partial charge in [-0.3, -0.25) is 4.79 Å². The Morgan fingerprint density at radius 2 is 2.10 bits per heavy atom. The van der Waals surface area contributed by atoms with Gasteiger partial charge in [-0.15, -0.1) is 0 Å². The van der Waals surface area contributed by atoms with Crippen molar-refractivity contribution >= 4 is 40.8 Å². The van der Waals surface area contributed by atoms with E-state index < -0.39 is 17.9 Å². The van der Waals surface area contributed by atoms with Crippen molar-refractivity contribution < 1.29 is 20.0 Å². The van der Waals surface area contributed by atoms with E-state index in [1.807, 2.05) is 6.92 Å². The highest BCUT2D eigenvalue weighted by atomic mass is 35.5. The summed E-state index contributed by atoms with van der Waals surface area (Å²) in [6.45, 7) is 2.54. The van der Waals surface area contributed by atoms with E-state index >= 15 is 0 Å². The van der Waals surface area contributed by atoms with Gasteiger partial charge in [0.05, 0.1) is 29.6 Å². The number of aliphatic carboxylic acids is 1. The van der Waals surface area contributed by atoms with Gasteiger partial charge in [-0.05, 0) is 24.6 Å². The molecule has 7 heteroatoms. The van der Waals surface area contributed by atoms with Crippen LogP contribution in [-0.2, 0) is 9.59 Å². The fourth-order valence-electron chi connectivity index (χ4n) is 1.63. The smallest absolute Gasteiger partial charge is 0.230 e. The number of quaternary nitrogens is 1. The number of carbonyl (C=O) groups is 2. The number of carboxylic acid groups (broad SMARTS) is 1. The molecule has 1 aromatic rings. The zero-order valence-corrected chi connectivity index (χ0v) is 12.5. The number of nitrogens with one attached hydrogen (secondary N) is 1. The minimum absolute atomic E-state index is 0.189. The second-order valence-corrected chi connectivity index (χ2v) is 5.17. The molecule has 0 spiro atoms. The molecule has 1 amide bonds. The average Bonchev–Trinajstić information content (AvgIpc) is 2.38. The van der Waals surface area contributed by atoms with Crippen molar-refractivity contribution in [2.24, 2.45) is 0 Å². The molecule has 0 aliphatic carbocycles. The van der Waals surface area contributed by atoms with Gasteiger partial charge < -0.3 is 20.5 Å². The Bertz CT molecular complexity index is 495.